The lowest BCUT2D eigenvalue weighted by atomic mass is 9.97. The van der Waals surface area contributed by atoms with E-state index in [-0.39, 0.29) is 11.8 Å². The predicted octanol–water partition coefficient (Wildman–Crippen LogP) is 0.455. The first-order valence-corrected chi connectivity index (χ1v) is 5.56. The van der Waals surface area contributed by atoms with Crippen LogP contribution in [0.1, 0.15) is 18.6 Å². The van der Waals surface area contributed by atoms with Crippen molar-refractivity contribution in [2.45, 2.75) is 20.4 Å². The zero-order chi connectivity index (χ0) is 11.5. The van der Waals surface area contributed by atoms with Gasteiger partial charge in [0.1, 0.15) is 5.76 Å². The van der Waals surface area contributed by atoms with Gasteiger partial charge in [-0.15, -0.1) is 0 Å². The molecule has 0 radical (unpaired) electrons. The van der Waals surface area contributed by atoms with Gasteiger partial charge >= 0.3 is 0 Å². The van der Waals surface area contributed by atoms with Crippen LogP contribution in [0.5, 0.6) is 0 Å². The van der Waals surface area contributed by atoms with Crippen molar-refractivity contribution in [1.82, 2.24) is 15.6 Å². The van der Waals surface area contributed by atoms with Crippen LogP contribution < -0.4 is 10.6 Å². The Balaban J connectivity index is 1.83. The molecule has 1 aliphatic rings. The Morgan fingerprint density at radius 3 is 3.06 bits per heavy atom. The molecular formula is C11H17N3O2. The van der Waals surface area contributed by atoms with Gasteiger partial charge in [-0.05, 0) is 19.4 Å². The number of hydrogen-bond acceptors (Lipinski definition) is 4. The molecule has 1 amide bonds. The molecule has 2 N–H and O–H groups in total. The summed E-state index contributed by atoms with van der Waals surface area (Å²) in [5, 5.41) is 6.05. The number of amides is 1. The highest BCUT2D eigenvalue weighted by molar-refractivity contribution is 5.79. The summed E-state index contributed by atoms with van der Waals surface area (Å²) in [4.78, 5) is 15.9. The second kappa shape index (κ2) is 4.65. The Hall–Kier alpha value is -1.36. The van der Waals surface area contributed by atoms with Crippen LogP contribution >= 0.6 is 0 Å². The number of carbonyl (C=O) groups is 1. The van der Waals surface area contributed by atoms with Crippen LogP contribution in [0.15, 0.2) is 10.6 Å². The van der Waals surface area contributed by atoms with E-state index >= 15 is 0 Å². The number of oxazole rings is 1. The van der Waals surface area contributed by atoms with E-state index in [1.54, 1.807) is 6.20 Å². The van der Waals surface area contributed by atoms with Crippen LogP contribution in [0, 0.1) is 18.8 Å². The maximum Gasteiger partial charge on any atom is 0.225 e. The van der Waals surface area contributed by atoms with Crippen LogP contribution in [0.2, 0.25) is 0 Å². The highest BCUT2D eigenvalue weighted by Crippen LogP contribution is 2.15. The second-order valence-electron chi connectivity index (χ2n) is 4.32. The minimum atomic E-state index is 0.0658. The van der Waals surface area contributed by atoms with Crippen molar-refractivity contribution in [3.8, 4) is 0 Å². The third-order valence-electron chi connectivity index (χ3n) is 2.94. The van der Waals surface area contributed by atoms with Crippen LogP contribution in [0.4, 0.5) is 0 Å². The molecule has 88 valence electrons. The third kappa shape index (κ3) is 2.41. The lowest BCUT2D eigenvalue weighted by molar-refractivity contribution is -0.125. The molecule has 2 atom stereocenters. The zero-order valence-corrected chi connectivity index (χ0v) is 9.62. The average Bonchev–Trinajstić information content (AvgIpc) is 2.84. The quantitative estimate of drug-likeness (QED) is 0.781. The SMILES string of the molecule is Cc1cnc(CNC(=O)C2CNCC2C)o1. The molecule has 5 heteroatoms. The molecule has 0 saturated carbocycles. The van der Waals surface area contributed by atoms with Crippen LogP contribution in [0.3, 0.4) is 0 Å². The highest BCUT2D eigenvalue weighted by atomic mass is 16.4. The zero-order valence-electron chi connectivity index (χ0n) is 9.62. The summed E-state index contributed by atoms with van der Waals surface area (Å²) in [5.41, 5.74) is 0. The molecule has 0 aliphatic carbocycles. The van der Waals surface area contributed by atoms with E-state index in [1.807, 2.05) is 6.92 Å². The van der Waals surface area contributed by atoms with Gasteiger partial charge in [0.25, 0.3) is 0 Å². The molecular weight excluding hydrogens is 206 g/mol. The van der Waals surface area contributed by atoms with E-state index in [2.05, 4.69) is 22.5 Å². The number of carbonyl (C=O) groups excluding carboxylic acids is 1. The summed E-state index contributed by atoms with van der Waals surface area (Å²) in [6, 6.07) is 0. The van der Waals surface area contributed by atoms with E-state index in [4.69, 9.17) is 4.42 Å². The average molecular weight is 223 g/mol. The van der Waals surface area contributed by atoms with Gasteiger partial charge in [0.15, 0.2) is 0 Å². The molecule has 2 rings (SSSR count). The monoisotopic (exact) mass is 223 g/mol. The Bertz CT molecular complexity index is 375. The van der Waals surface area contributed by atoms with Gasteiger partial charge in [-0.25, -0.2) is 4.98 Å². The highest BCUT2D eigenvalue weighted by Gasteiger charge is 2.29. The minimum absolute atomic E-state index is 0.0658. The third-order valence-corrected chi connectivity index (χ3v) is 2.94. The molecule has 0 aromatic carbocycles. The number of hydrogen-bond donors (Lipinski definition) is 2. The van der Waals surface area contributed by atoms with Crippen molar-refractivity contribution in [2.75, 3.05) is 13.1 Å². The normalized spacial score (nSPS) is 24.6. The standard InChI is InChI=1S/C11H17N3O2/c1-7-3-12-5-9(7)11(15)14-6-10-13-4-8(2)16-10/h4,7,9,12H,3,5-6H2,1-2H3,(H,14,15). The number of aryl methyl sites for hydroxylation is 1. The number of aromatic nitrogens is 1. The summed E-state index contributed by atoms with van der Waals surface area (Å²) in [5.74, 6) is 1.86. The number of nitrogens with zero attached hydrogens (tertiary/aromatic N) is 1. The molecule has 2 heterocycles. The first-order chi connectivity index (χ1) is 7.66. The molecule has 0 bridgehead atoms. The summed E-state index contributed by atoms with van der Waals surface area (Å²) in [6.07, 6.45) is 1.65. The lowest BCUT2D eigenvalue weighted by Gasteiger charge is -2.12. The smallest absolute Gasteiger partial charge is 0.225 e. The molecule has 1 aromatic heterocycles. The summed E-state index contributed by atoms with van der Waals surface area (Å²) >= 11 is 0. The largest absolute Gasteiger partial charge is 0.444 e. The molecule has 1 saturated heterocycles. The fourth-order valence-corrected chi connectivity index (χ4v) is 1.94. The second-order valence-corrected chi connectivity index (χ2v) is 4.32. The molecule has 0 spiro atoms. The van der Waals surface area contributed by atoms with Crippen LogP contribution in [-0.4, -0.2) is 24.0 Å². The molecule has 1 aliphatic heterocycles. The van der Waals surface area contributed by atoms with E-state index in [1.165, 1.54) is 0 Å². The Labute approximate surface area is 94.6 Å². The van der Waals surface area contributed by atoms with Crippen molar-refractivity contribution in [2.24, 2.45) is 11.8 Å². The van der Waals surface area contributed by atoms with Gasteiger partial charge in [0.2, 0.25) is 11.8 Å². The van der Waals surface area contributed by atoms with Gasteiger partial charge in [0.05, 0.1) is 18.7 Å². The topological polar surface area (TPSA) is 67.2 Å². The summed E-state index contributed by atoms with van der Waals surface area (Å²) in [7, 11) is 0. The Kier molecular flexibility index (Phi) is 3.24. The number of rotatable bonds is 3. The molecule has 1 fully saturated rings. The molecule has 16 heavy (non-hydrogen) atoms. The predicted molar refractivity (Wildman–Crippen MR) is 58.6 cm³/mol. The van der Waals surface area contributed by atoms with Crippen molar-refractivity contribution in [3.05, 3.63) is 17.8 Å². The number of nitrogens with one attached hydrogen (secondary N) is 2. The van der Waals surface area contributed by atoms with Crippen LogP contribution in [-0.2, 0) is 11.3 Å². The van der Waals surface area contributed by atoms with Gasteiger partial charge < -0.3 is 15.1 Å². The Morgan fingerprint density at radius 1 is 1.69 bits per heavy atom. The van der Waals surface area contributed by atoms with Gasteiger partial charge in [-0.2, -0.15) is 0 Å². The molecule has 1 aromatic rings. The van der Waals surface area contributed by atoms with E-state index in [0.717, 1.165) is 18.8 Å². The van der Waals surface area contributed by atoms with Crippen LogP contribution in [0.25, 0.3) is 0 Å². The fraction of sp³-hybridized carbons (Fsp3) is 0.636. The van der Waals surface area contributed by atoms with Crippen molar-refractivity contribution < 1.29 is 9.21 Å². The minimum Gasteiger partial charge on any atom is -0.444 e. The molecule has 5 nitrogen and oxygen atoms in total. The van der Waals surface area contributed by atoms with Crippen molar-refractivity contribution >= 4 is 5.91 Å². The Morgan fingerprint density at radius 2 is 2.50 bits per heavy atom. The maximum atomic E-state index is 11.8. The van der Waals surface area contributed by atoms with E-state index in [0.29, 0.717) is 18.4 Å². The first kappa shape index (κ1) is 11.1. The lowest BCUT2D eigenvalue weighted by Crippen LogP contribution is -2.33. The molecule has 2 unspecified atom stereocenters. The summed E-state index contributed by atoms with van der Waals surface area (Å²) < 4.78 is 5.28. The van der Waals surface area contributed by atoms with E-state index in [9.17, 15) is 4.79 Å². The van der Waals surface area contributed by atoms with Gasteiger partial charge in [-0.1, -0.05) is 6.92 Å². The van der Waals surface area contributed by atoms with Crippen molar-refractivity contribution in [3.63, 3.8) is 0 Å². The van der Waals surface area contributed by atoms with Crippen molar-refractivity contribution in [1.29, 1.82) is 0 Å². The summed E-state index contributed by atoms with van der Waals surface area (Å²) in [6.45, 7) is 5.96. The van der Waals surface area contributed by atoms with Gasteiger partial charge in [0, 0.05) is 6.54 Å². The van der Waals surface area contributed by atoms with Gasteiger partial charge in [-0.3, -0.25) is 4.79 Å². The maximum absolute atomic E-state index is 11.8. The van der Waals surface area contributed by atoms with E-state index < -0.39 is 0 Å². The fourth-order valence-electron chi connectivity index (χ4n) is 1.94. The first-order valence-electron chi connectivity index (χ1n) is 5.56.